The van der Waals surface area contributed by atoms with Gasteiger partial charge in [-0.25, -0.2) is 14.0 Å². The van der Waals surface area contributed by atoms with Crippen molar-refractivity contribution in [1.82, 2.24) is 4.98 Å². The maximum absolute atomic E-state index is 13.2. The highest BCUT2D eigenvalue weighted by atomic mass is 19.1. The molecule has 1 heterocycles. The lowest BCUT2D eigenvalue weighted by molar-refractivity contribution is 0.0518. The van der Waals surface area contributed by atoms with Gasteiger partial charge in [0.15, 0.2) is 0 Å². The van der Waals surface area contributed by atoms with E-state index >= 15 is 0 Å². The number of fused-ring (bicyclic) bond motifs is 1. The van der Waals surface area contributed by atoms with Crippen molar-refractivity contribution >= 4 is 34.2 Å². The minimum absolute atomic E-state index is 0.204. The van der Waals surface area contributed by atoms with E-state index in [9.17, 15) is 14.0 Å². The van der Waals surface area contributed by atoms with Gasteiger partial charge in [0, 0.05) is 17.3 Å². The molecule has 1 N–H and O–H groups in total. The fourth-order valence-corrected chi connectivity index (χ4v) is 2.71. The van der Waals surface area contributed by atoms with Crippen LogP contribution in [0.1, 0.15) is 34.6 Å². The van der Waals surface area contributed by atoms with Gasteiger partial charge in [0.25, 0.3) is 0 Å². The summed E-state index contributed by atoms with van der Waals surface area (Å²) in [6.07, 6.45) is 1.41. The van der Waals surface area contributed by atoms with Gasteiger partial charge < -0.3 is 14.8 Å². The number of aromatic nitrogens is 1. The van der Waals surface area contributed by atoms with Gasteiger partial charge in [-0.15, -0.1) is 0 Å². The molecule has 0 aliphatic heterocycles. The molecule has 0 aliphatic rings. The first-order chi connectivity index (χ1) is 13.5. The summed E-state index contributed by atoms with van der Waals surface area (Å²) in [7, 11) is 0. The van der Waals surface area contributed by atoms with Crippen LogP contribution in [-0.4, -0.2) is 30.1 Å². The van der Waals surface area contributed by atoms with Gasteiger partial charge in [-0.2, -0.15) is 0 Å². The Morgan fingerprint density at radius 2 is 1.68 bits per heavy atom. The summed E-state index contributed by atoms with van der Waals surface area (Å²) in [5.41, 5.74) is 2.10. The number of rotatable bonds is 6. The van der Waals surface area contributed by atoms with Crippen molar-refractivity contribution in [3.63, 3.8) is 0 Å². The quantitative estimate of drug-likeness (QED) is 0.634. The van der Waals surface area contributed by atoms with Crippen molar-refractivity contribution in [2.75, 3.05) is 18.5 Å². The first-order valence-electron chi connectivity index (χ1n) is 8.83. The minimum atomic E-state index is -0.553. The summed E-state index contributed by atoms with van der Waals surface area (Å²) in [5, 5.41) is 3.66. The van der Waals surface area contributed by atoms with E-state index < -0.39 is 11.9 Å². The number of nitrogens with zero attached hydrogens (tertiary/aromatic N) is 1. The number of esters is 2. The second-order valence-electron chi connectivity index (χ2n) is 5.85. The van der Waals surface area contributed by atoms with Crippen molar-refractivity contribution in [2.45, 2.75) is 13.8 Å². The number of carbonyl (C=O) groups excluding carboxylic acids is 2. The van der Waals surface area contributed by atoms with E-state index in [1.807, 2.05) is 0 Å². The van der Waals surface area contributed by atoms with Crippen LogP contribution in [0.3, 0.4) is 0 Å². The van der Waals surface area contributed by atoms with E-state index in [0.717, 1.165) is 0 Å². The molecule has 0 fully saturated rings. The molecular weight excluding hydrogens is 363 g/mol. The van der Waals surface area contributed by atoms with E-state index in [1.165, 1.54) is 18.3 Å². The molecule has 1 aromatic heterocycles. The highest BCUT2D eigenvalue weighted by Crippen LogP contribution is 2.31. The van der Waals surface area contributed by atoms with Gasteiger partial charge in [0.2, 0.25) is 0 Å². The van der Waals surface area contributed by atoms with Gasteiger partial charge in [-0.05, 0) is 56.3 Å². The average Bonchev–Trinajstić information content (AvgIpc) is 2.70. The molecule has 0 amide bonds. The monoisotopic (exact) mass is 382 g/mol. The summed E-state index contributed by atoms with van der Waals surface area (Å²) in [4.78, 5) is 28.8. The summed E-state index contributed by atoms with van der Waals surface area (Å²) in [5.74, 6) is -1.40. The standard InChI is InChI=1S/C21H19FN2O4/c1-3-27-20(25)13-5-10-18-16(11-13)19(17(12-23-18)21(26)28-4-2)24-15-8-6-14(22)7-9-15/h5-12H,3-4H2,1-2H3,(H,23,24). The van der Waals surface area contributed by atoms with Gasteiger partial charge >= 0.3 is 11.9 Å². The first-order valence-corrected chi connectivity index (χ1v) is 8.83. The number of pyridine rings is 1. The number of carbonyl (C=O) groups is 2. The average molecular weight is 382 g/mol. The molecule has 0 spiro atoms. The first kappa shape index (κ1) is 19.3. The summed E-state index contributed by atoms with van der Waals surface area (Å²) >= 11 is 0. The Kier molecular flexibility index (Phi) is 5.84. The van der Waals surface area contributed by atoms with Gasteiger partial charge in [0.1, 0.15) is 11.4 Å². The fraction of sp³-hybridized carbons (Fsp3) is 0.190. The van der Waals surface area contributed by atoms with Crippen LogP contribution in [0, 0.1) is 5.82 Å². The lowest BCUT2D eigenvalue weighted by Gasteiger charge is -2.15. The summed E-state index contributed by atoms with van der Waals surface area (Å²) in [6, 6.07) is 10.6. The number of benzene rings is 2. The molecule has 0 aliphatic carbocycles. The summed E-state index contributed by atoms with van der Waals surface area (Å²) < 4.78 is 23.4. The number of nitrogens with one attached hydrogen (secondary N) is 1. The van der Waals surface area contributed by atoms with E-state index in [2.05, 4.69) is 10.3 Å². The summed E-state index contributed by atoms with van der Waals surface area (Å²) in [6.45, 7) is 3.88. The number of ether oxygens (including phenoxy) is 2. The molecule has 0 unspecified atom stereocenters. The van der Waals surface area contributed by atoms with Crippen LogP contribution in [0.15, 0.2) is 48.7 Å². The second-order valence-corrected chi connectivity index (χ2v) is 5.85. The molecule has 2 aromatic carbocycles. The van der Waals surface area contributed by atoms with Gasteiger partial charge in [-0.1, -0.05) is 0 Å². The molecule has 28 heavy (non-hydrogen) atoms. The topological polar surface area (TPSA) is 77.5 Å². The molecular formula is C21H19FN2O4. The van der Waals surface area contributed by atoms with Crippen LogP contribution in [0.2, 0.25) is 0 Å². The zero-order chi connectivity index (χ0) is 20.1. The van der Waals surface area contributed by atoms with Crippen molar-refractivity contribution in [3.8, 4) is 0 Å². The third kappa shape index (κ3) is 4.09. The minimum Gasteiger partial charge on any atom is -0.462 e. The molecule has 0 saturated heterocycles. The Morgan fingerprint density at radius 3 is 2.36 bits per heavy atom. The highest BCUT2D eigenvalue weighted by molar-refractivity contribution is 6.07. The van der Waals surface area contributed by atoms with E-state index in [4.69, 9.17) is 9.47 Å². The molecule has 0 radical (unpaired) electrons. The van der Waals surface area contributed by atoms with Crippen LogP contribution in [0.4, 0.5) is 15.8 Å². The zero-order valence-electron chi connectivity index (χ0n) is 15.5. The molecule has 0 atom stereocenters. The van der Waals surface area contributed by atoms with Crippen LogP contribution in [0.5, 0.6) is 0 Å². The van der Waals surface area contributed by atoms with Gasteiger partial charge in [-0.3, -0.25) is 4.98 Å². The van der Waals surface area contributed by atoms with Crippen LogP contribution in [-0.2, 0) is 9.47 Å². The van der Waals surface area contributed by atoms with Crippen LogP contribution in [0.25, 0.3) is 10.9 Å². The highest BCUT2D eigenvalue weighted by Gasteiger charge is 2.18. The van der Waals surface area contributed by atoms with Crippen molar-refractivity contribution in [2.24, 2.45) is 0 Å². The Hall–Kier alpha value is -3.48. The van der Waals surface area contributed by atoms with Crippen LogP contribution < -0.4 is 5.32 Å². The Morgan fingerprint density at radius 1 is 1.00 bits per heavy atom. The fourth-order valence-electron chi connectivity index (χ4n) is 2.71. The molecule has 0 saturated carbocycles. The van der Waals surface area contributed by atoms with E-state index in [0.29, 0.717) is 27.8 Å². The molecule has 7 heteroatoms. The predicted octanol–water partition coefficient (Wildman–Crippen LogP) is 4.47. The van der Waals surface area contributed by atoms with E-state index in [1.54, 1.807) is 44.2 Å². The lowest BCUT2D eigenvalue weighted by atomic mass is 10.1. The van der Waals surface area contributed by atoms with Gasteiger partial charge in [0.05, 0.1) is 30.0 Å². The smallest absolute Gasteiger partial charge is 0.341 e. The Labute approximate surface area is 161 Å². The molecule has 6 nitrogen and oxygen atoms in total. The molecule has 0 bridgehead atoms. The molecule has 3 rings (SSSR count). The van der Waals surface area contributed by atoms with Crippen molar-refractivity contribution in [3.05, 3.63) is 65.6 Å². The number of anilines is 2. The Balaban J connectivity index is 2.16. The van der Waals surface area contributed by atoms with E-state index in [-0.39, 0.29) is 24.6 Å². The number of halogens is 1. The normalized spacial score (nSPS) is 10.5. The largest absolute Gasteiger partial charge is 0.462 e. The molecule has 144 valence electrons. The maximum Gasteiger partial charge on any atom is 0.341 e. The third-order valence-corrected chi connectivity index (χ3v) is 3.99. The van der Waals surface area contributed by atoms with Crippen LogP contribution >= 0.6 is 0 Å². The maximum atomic E-state index is 13.2. The predicted molar refractivity (Wildman–Crippen MR) is 103 cm³/mol. The van der Waals surface area contributed by atoms with Crippen molar-refractivity contribution < 1.29 is 23.5 Å². The lowest BCUT2D eigenvalue weighted by Crippen LogP contribution is -2.10. The SMILES string of the molecule is CCOC(=O)c1ccc2ncc(C(=O)OCC)c(Nc3ccc(F)cc3)c2c1. The second kappa shape index (κ2) is 8.47. The Bertz CT molecular complexity index is 1010. The molecule has 3 aromatic rings. The third-order valence-electron chi connectivity index (χ3n) is 3.99. The van der Waals surface area contributed by atoms with Crippen molar-refractivity contribution in [1.29, 1.82) is 0 Å². The zero-order valence-corrected chi connectivity index (χ0v) is 15.5. The number of hydrogen-bond acceptors (Lipinski definition) is 6. The number of hydrogen-bond donors (Lipinski definition) is 1.